The normalized spacial score (nSPS) is 10.8. The number of furan rings is 1. The third-order valence-electron chi connectivity index (χ3n) is 4.64. The van der Waals surface area contributed by atoms with Crippen LogP contribution in [0.4, 0.5) is 5.82 Å². The first kappa shape index (κ1) is 22.9. The van der Waals surface area contributed by atoms with Crippen molar-refractivity contribution in [1.82, 2.24) is 14.9 Å². The molecule has 0 atom stereocenters. The number of aryl methyl sites for hydroxylation is 1. The number of fused-ring (bicyclic) bond motifs is 2. The average Bonchev–Trinajstić information content (AvgIpc) is 3.10. The smallest absolute Gasteiger partial charge is 0.198 e. The highest BCUT2D eigenvalue weighted by atomic mass is 35.5. The number of rotatable bonds is 6. The Labute approximate surface area is 183 Å². The van der Waals surface area contributed by atoms with Gasteiger partial charge < -0.3 is 14.6 Å². The van der Waals surface area contributed by atoms with Gasteiger partial charge in [0.05, 0.1) is 5.52 Å². The van der Waals surface area contributed by atoms with Crippen LogP contribution in [0.3, 0.4) is 0 Å². The fourth-order valence-electron chi connectivity index (χ4n) is 3.24. The van der Waals surface area contributed by atoms with E-state index in [1.165, 1.54) is 0 Å². The molecule has 0 radical (unpaired) electrons. The second-order valence-corrected chi connectivity index (χ2v) is 7.10. The monoisotopic (exact) mass is 432 g/mol. The Morgan fingerprint density at radius 1 is 1.00 bits per heavy atom. The Bertz CT molecular complexity index is 1090. The Kier molecular flexibility index (Phi) is 7.85. The molecule has 0 unspecified atom stereocenters. The minimum absolute atomic E-state index is 0. The van der Waals surface area contributed by atoms with Crippen molar-refractivity contribution in [2.75, 3.05) is 32.5 Å². The van der Waals surface area contributed by atoms with E-state index in [0.717, 1.165) is 52.8 Å². The quantitative estimate of drug-likeness (QED) is 0.404. The number of benzene rings is 2. The van der Waals surface area contributed by atoms with Gasteiger partial charge in [-0.25, -0.2) is 9.97 Å². The summed E-state index contributed by atoms with van der Waals surface area (Å²) in [4.78, 5) is 11.7. The number of halogens is 2. The number of anilines is 1. The molecule has 2 aromatic heterocycles. The van der Waals surface area contributed by atoms with Crippen molar-refractivity contribution < 1.29 is 4.42 Å². The van der Waals surface area contributed by atoms with Crippen molar-refractivity contribution in [3.8, 4) is 11.6 Å². The molecule has 0 bridgehead atoms. The molecule has 0 saturated carbocycles. The van der Waals surface area contributed by atoms with E-state index < -0.39 is 0 Å². The molecule has 7 heteroatoms. The number of aromatic nitrogens is 2. The van der Waals surface area contributed by atoms with Crippen molar-refractivity contribution in [3.05, 3.63) is 54.1 Å². The summed E-state index contributed by atoms with van der Waals surface area (Å²) in [5.74, 6) is 2.16. The molecule has 154 valence electrons. The molecule has 2 aromatic carbocycles. The lowest BCUT2D eigenvalue weighted by atomic mass is 10.2. The molecule has 5 nitrogen and oxygen atoms in total. The van der Waals surface area contributed by atoms with Crippen LogP contribution in [0.25, 0.3) is 33.5 Å². The topological polar surface area (TPSA) is 54.2 Å². The van der Waals surface area contributed by atoms with Gasteiger partial charge in [0, 0.05) is 17.3 Å². The molecule has 0 fully saturated rings. The minimum Gasteiger partial charge on any atom is -0.452 e. The standard InChI is InChI=1S/C22H24N4O.2ClH/c1-15-8-6-9-16-14-19(27-20(15)16)22-24-18-11-5-4-10-17(18)21(25-22)23-12-7-13-26(2)3;;/h4-6,8-11,14H,7,12-13H2,1-3H3,(H,23,24,25);2*1H. The van der Waals surface area contributed by atoms with Crippen LogP contribution in [-0.4, -0.2) is 42.1 Å². The van der Waals surface area contributed by atoms with Crippen molar-refractivity contribution in [2.24, 2.45) is 0 Å². The lowest BCUT2D eigenvalue weighted by Crippen LogP contribution is -2.16. The van der Waals surface area contributed by atoms with Gasteiger partial charge in [-0.3, -0.25) is 0 Å². The molecule has 4 rings (SSSR count). The summed E-state index contributed by atoms with van der Waals surface area (Å²) in [5, 5.41) is 5.58. The van der Waals surface area contributed by atoms with Crippen LogP contribution in [0.1, 0.15) is 12.0 Å². The van der Waals surface area contributed by atoms with E-state index in [4.69, 9.17) is 14.4 Å². The van der Waals surface area contributed by atoms with E-state index in [9.17, 15) is 0 Å². The van der Waals surface area contributed by atoms with E-state index in [1.807, 2.05) is 30.3 Å². The van der Waals surface area contributed by atoms with Crippen molar-refractivity contribution in [3.63, 3.8) is 0 Å². The summed E-state index contributed by atoms with van der Waals surface area (Å²) in [6.45, 7) is 3.94. The SMILES string of the molecule is Cc1cccc2cc(-c3nc(NCCCN(C)C)c4ccccc4n3)oc12.Cl.Cl. The first-order chi connectivity index (χ1) is 13.1. The summed E-state index contributed by atoms with van der Waals surface area (Å²) in [5.41, 5.74) is 2.92. The second kappa shape index (κ2) is 9.92. The Morgan fingerprint density at radius 2 is 1.79 bits per heavy atom. The van der Waals surface area contributed by atoms with E-state index in [0.29, 0.717) is 11.6 Å². The second-order valence-electron chi connectivity index (χ2n) is 7.10. The highest BCUT2D eigenvalue weighted by molar-refractivity contribution is 5.91. The Hall–Kier alpha value is -2.34. The van der Waals surface area contributed by atoms with E-state index in [2.05, 4.69) is 49.4 Å². The molecular weight excluding hydrogens is 407 g/mol. The Balaban J connectivity index is 0.00000150. The fourth-order valence-corrected chi connectivity index (χ4v) is 3.24. The predicted octanol–water partition coefficient (Wildman–Crippen LogP) is 5.56. The van der Waals surface area contributed by atoms with Gasteiger partial charge in [0.25, 0.3) is 0 Å². The summed E-state index contributed by atoms with van der Waals surface area (Å²) in [7, 11) is 4.17. The molecule has 0 aliphatic rings. The first-order valence-corrected chi connectivity index (χ1v) is 9.27. The number of nitrogens with one attached hydrogen (secondary N) is 1. The molecule has 0 spiro atoms. The minimum atomic E-state index is 0. The zero-order valence-electron chi connectivity index (χ0n) is 16.8. The Morgan fingerprint density at radius 3 is 2.55 bits per heavy atom. The third kappa shape index (κ3) is 4.99. The van der Waals surface area contributed by atoms with Crippen LogP contribution < -0.4 is 5.32 Å². The molecule has 0 aliphatic carbocycles. The molecule has 4 aromatic rings. The average molecular weight is 433 g/mol. The summed E-state index contributed by atoms with van der Waals surface area (Å²) >= 11 is 0. The number of para-hydroxylation sites is 2. The van der Waals surface area contributed by atoms with Crippen molar-refractivity contribution in [1.29, 1.82) is 0 Å². The van der Waals surface area contributed by atoms with E-state index in [-0.39, 0.29) is 24.8 Å². The van der Waals surface area contributed by atoms with Crippen LogP contribution in [-0.2, 0) is 0 Å². The third-order valence-corrected chi connectivity index (χ3v) is 4.64. The van der Waals surface area contributed by atoms with Gasteiger partial charge in [-0.2, -0.15) is 0 Å². The van der Waals surface area contributed by atoms with Crippen LogP contribution >= 0.6 is 24.8 Å². The van der Waals surface area contributed by atoms with Gasteiger partial charge in [-0.15, -0.1) is 24.8 Å². The molecular formula is C22H26Cl2N4O. The molecule has 0 aliphatic heterocycles. The maximum atomic E-state index is 6.09. The molecule has 1 N–H and O–H groups in total. The predicted molar refractivity (Wildman–Crippen MR) is 126 cm³/mol. The maximum Gasteiger partial charge on any atom is 0.198 e. The van der Waals surface area contributed by atoms with Gasteiger partial charge >= 0.3 is 0 Å². The van der Waals surface area contributed by atoms with Crippen molar-refractivity contribution in [2.45, 2.75) is 13.3 Å². The zero-order valence-corrected chi connectivity index (χ0v) is 18.4. The zero-order chi connectivity index (χ0) is 18.8. The van der Waals surface area contributed by atoms with Gasteiger partial charge in [0.1, 0.15) is 11.4 Å². The lowest BCUT2D eigenvalue weighted by Gasteiger charge is -2.12. The number of hydrogen-bond acceptors (Lipinski definition) is 5. The molecule has 29 heavy (non-hydrogen) atoms. The van der Waals surface area contributed by atoms with Gasteiger partial charge in [-0.1, -0.05) is 30.3 Å². The largest absolute Gasteiger partial charge is 0.452 e. The van der Waals surface area contributed by atoms with Crippen LogP contribution in [0.5, 0.6) is 0 Å². The maximum absolute atomic E-state index is 6.09. The van der Waals surface area contributed by atoms with E-state index in [1.54, 1.807) is 0 Å². The summed E-state index contributed by atoms with van der Waals surface area (Å²) in [6.07, 6.45) is 1.05. The number of nitrogens with zero attached hydrogens (tertiary/aromatic N) is 3. The summed E-state index contributed by atoms with van der Waals surface area (Å²) in [6, 6.07) is 16.2. The molecule has 0 amide bonds. The van der Waals surface area contributed by atoms with Crippen LogP contribution in [0.2, 0.25) is 0 Å². The summed E-state index contributed by atoms with van der Waals surface area (Å²) < 4.78 is 6.09. The van der Waals surface area contributed by atoms with Gasteiger partial charge in [0.2, 0.25) is 0 Å². The molecule has 2 heterocycles. The van der Waals surface area contributed by atoms with Gasteiger partial charge in [-0.05, 0) is 57.7 Å². The highest BCUT2D eigenvalue weighted by Crippen LogP contribution is 2.30. The molecule has 0 saturated heterocycles. The number of hydrogen-bond donors (Lipinski definition) is 1. The lowest BCUT2D eigenvalue weighted by molar-refractivity contribution is 0.405. The fraction of sp³-hybridized carbons (Fsp3) is 0.273. The van der Waals surface area contributed by atoms with Crippen LogP contribution in [0, 0.1) is 6.92 Å². The highest BCUT2D eigenvalue weighted by Gasteiger charge is 2.14. The van der Waals surface area contributed by atoms with Gasteiger partial charge in [0.15, 0.2) is 11.6 Å². The van der Waals surface area contributed by atoms with E-state index >= 15 is 0 Å². The first-order valence-electron chi connectivity index (χ1n) is 9.27. The van der Waals surface area contributed by atoms with Crippen LogP contribution in [0.15, 0.2) is 52.9 Å². The van der Waals surface area contributed by atoms with Crippen molar-refractivity contribution >= 4 is 52.5 Å².